The Morgan fingerprint density at radius 1 is 1.38 bits per heavy atom. The Balaban J connectivity index is 2.40. The van der Waals surface area contributed by atoms with Gasteiger partial charge in [-0.15, -0.1) is 11.3 Å². The molecule has 0 spiro atoms. The normalized spacial score (nSPS) is 14.6. The van der Waals surface area contributed by atoms with Gasteiger partial charge in [-0.2, -0.15) is 0 Å². The highest BCUT2D eigenvalue weighted by Gasteiger charge is 2.21. The van der Waals surface area contributed by atoms with Crippen LogP contribution in [0.2, 0.25) is 0 Å². The van der Waals surface area contributed by atoms with Crippen LogP contribution in [0.3, 0.4) is 0 Å². The van der Waals surface area contributed by atoms with Crippen LogP contribution >= 0.6 is 11.3 Å². The molecule has 1 aliphatic carbocycles. The van der Waals surface area contributed by atoms with Gasteiger partial charge < -0.3 is 5.32 Å². The van der Waals surface area contributed by atoms with Gasteiger partial charge >= 0.3 is 0 Å². The predicted octanol–water partition coefficient (Wildman–Crippen LogP) is 4.48. The van der Waals surface area contributed by atoms with E-state index in [9.17, 15) is 0 Å². The van der Waals surface area contributed by atoms with E-state index in [4.69, 9.17) is 0 Å². The quantitative estimate of drug-likeness (QED) is 0.811. The molecule has 1 N–H and O–H groups in total. The molecular weight excluding hydrogens is 214 g/mol. The number of allylic oxidation sites excluding steroid dienone is 1. The van der Waals surface area contributed by atoms with Gasteiger partial charge in [-0.05, 0) is 43.2 Å². The number of hydrogen-bond donors (Lipinski definition) is 1. The molecule has 0 aromatic carbocycles. The molecule has 2 rings (SSSR count). The Bertz CT molecular complexity index is 390. The first-order valence-corrected chi connectivity index (χ1v) is 7.10. The van der Waals surface area contributed by atoms with Crippen molar-refractivity contribution >= 4 is 21.9 Å². The fraction of sp³-hybridized carbons (Fsp3) is 0.571. The zero-order chi connectivity index (χ0) is 11.5. The first-order chi connectivity index (χ1) is 7.77. The average molecular weight is 235 g/mol. The zero-order valence-corrected chi connectivity index (χ0v) is 11.2. The Morgan fingerprint density at radius 3 is 2.81 bits per heavy atom. The number of fused-ring (bicyclic) bond motifs is 1. The summed E-state index contributed by atoms with van der Waals surface area (Å²) in [6.07, 6.45) is 7.54. The summed E-state index contributed by atoms with van der Waals surface area (Å²) < 4.78 is 0. The van der Waals surface area contributed by atoms with Crippen LogP contribution in [0.4, 0.5) is 5.00 Å². The Hall–Kier alpha value is -0.760. The third kappa shape index (κ3) is 2.03. The van der Waals surface area contributed by atoms with E-state index in [1.54, 1.807) is 10.4 Å². The topological polar surface area (TPSA) is 12.0 Å². The summed E-state index contributed by atoms with van der Waals surface area (Å²) in [5.74, 6) is 0. The van der Waals surface area contributed by atoms with Crippen LogP contribution in [0, 0.1) is 0 Å². The van der Waals surface area contributed by atoms with Crippen LogP contribution < -0.4 is 5.32 Å². The van der Waals surface area contributed by atoms with Crippen LogP contribution in [0.15, 0.2) is 6.58 Å². The molecule has 0 fully saturated rings. The minimum absolute atomic E-state index is 1.12. The van der Waals surface area contributed by atoms with E-state index in [0.717, 1.165) is 6.42 Å². The zero-order valence-electron chi connectivity index (χ0n) is 10.4. The van der Waals surface area contributed by atoms with Crippen LogP contribution in [0.5, 0.6) is 0 Å². The minimum atomic E-state index is 1.12. The predicted molar refractivity (Wildman–Crippen MR) is 74.4 cm³/mol. The Kier molecular flexibility index (Phi) is 3.70. The van der Waals surface area contributed by atoms with Gasteiger partial charge in [-0.1, -0.05) is 19.9 Å². The minimum Gasteiger partial charge on any atom is -0.379 e. The van der Waals surface area contributed by atoms with Crippen LogP contribution in [0.1, 0.15) is 48.6 Å². The summed E-state index contributed by atoms with van der Waals surface area (Å²) in [5.41, 5.74) is 4.37. The summed E-state index contributed by atoms with van der Waals surface area (Å²) in [4.78, 5) is 1.60. The molecule has 1 aromatic rings. The van der Waals surface area contributed by atoms with E-state index < -0.39 is 0 Å². The van der Waals surface area contributed by atoms with Crippen LogP contribution in [-0.2, 0) is 12.8 Å². The Labute approximate surface area is 103 Å². The smallest absolute Gasteiger partial charge is 0.0961 e. The molecule has 1 aromatic heterocycles. The van der Waals surface area contributed by atoms with Gasteiger partial charge in [0.15, 0.2) is 0 Å². The van der Waals surface area contributed by atoms with Crippen LogP contribution in [-0.4, -0.2) is 7.05 Å². The maximum absolute atomic E-state index is 4.27. The second-order valence-corrected chi connectivity index (χ2v) is 5.62. The van der Waals surface area contributed by atoms with Crippen molar-refractivity contribution in [2.24, 2.45) is 0 Å². The molecule has 0 atom stereocenters. The maximum atomic E-state index is 4.27. The summed E-state index contributed by atoms with van der Waals surface area (Å²) in [7, 11) is 2.03. The third-order valence-electron chi connectivity index (χ3n) is 3.30. The van der Waals surface area contributed by atoms with Crippen molar-refractivity contribution in [3.8, 4) is 0 Å². The number of hydrogen-bond acceptors (Lipinski definition) is 2. The van der Waals surface area contributed by atoms with E-state index in [2.05, 4.69) is 18.8 Å². The molecule has 0 aliphatic heterocycles. The monoisotopic (exact) mass is 235 g/mol. The SMILES string of the molecule is C=C(CCC)c1c(NC)sc2c1CCCC2. The Morgan fingerprint density at radius 2 is 2.12 bits per heavy atom. The highest BCUT2D eigenvalue weighted by molar-refractivity contribution is 7.16. The summed E-state index contributed by atoms with van der Waals surface area (Å²) in [6.45, 7) is 6.50. The second-order valence-electron chi connectivity index (χ2n) is 4.52. The van der Waals surface area contributed by atoms with Crippen molar-refractivity contribution in [1.82, 2.24) is 0 Å². The lowest BCUT2D eigenvalue weighted by atomic mass is 9.91. The molecule has 1 nitrogen and oxygen atoms in total. The molecule has 0 radical (unpaired) electrons. The first kappa shape index (κ1) is 11.7. The average Bonchev–Trinajstić information content (AvgIpc) is 2.67. The fourth-order valence-corrected chi connectivity index (χ4v) is 3.83. The molecule has 0 saturated heterocycles. The highest BCUT2D eigenvalue weighted by Crippen LogP contribution is 2.42. The maximum Gasteiger partial charge on any atom is 0.0961 e. The molecule has 1 heterocycles. The summed E-state index contributed by atoms with van der Waals surface area (Å²) >= 11 is 1.94. The number of thiophene rings is 1. The molecular formula is C14H21NS. The molecule has 0 saturated carbocycles. The van der Waals surface area contributed by atoms with E-state index >= 15 is 0 Å². The largest absolute Gasteiger partial charge is 0.379 e. The number of aryl methyl sites for hydroxylation is 1. The fourth-order valence-electron chi connectivity index (χ4n) is 2.54. The van der Waals surface area contributed by atoms with Gasteiger partial charge in [0.25, 0.3) is 0 Å². The lowest BCUT2D eigenvalue weighted by molar-refractivity contribution is 0.695. The van der Waals surface area contributed by atoms with Crippen molar-refractivity contribution < 1.29 is 0 Å². The van der Waals surface area contributed by atoms with Crippen molar-refractivity contribution in [2.75, 3.05) is 12.4 Å². The van der Waals surface area contributed by atoms with Crippen molar-refractivity contribution in [1.29, 1.82) is 0 Å². The molecule has 2 heteroatoms. The number of nitrogens with one attached hydrogen (secondary N) is 1. The van der Waals surface area contributed by atoms with Crippen molar-refractivity contribution in [3.63, 3.8) is 0 Å². The lowest BCUT2D eigenvalue weighted by Crippen LogP contribution is -2.01. The summed E-state index contributed by atoms with van der Waals surface area (Å²) in [6, 6.07) is 0. The van der Waals surface area contributed by atoms with E-state index in [0.29, 0.717) is 0 Å². The molecule has 88 valence electrons. The van der Waals surface area contributed by atoms with Crippen LogP contribution in [0.25, 0.3) is 5.57 Å². The van der Waals surface area contributed by atoms with E-state index in [1.165, 1.54) is 48.2 Å². The van der Waals surface area contributed by atoms with Crippen molar-refractivity contribution in [2.45, 2.75) is 45.4 Å². The van der Waals surface area contributed by atoms with Gasteiger partial charge in [-0.25, -0.2) is 0 Å². The van der Waals surface area contributed by atoms with Gasteiger partial charge in [0.2, 0.25) is 0 Å². The van der Waals surface area contributed by atoms with Gasteiger partial charge in [0, 0.05) is 17.5 Å². The molecule has 16 heavy (non-hydrogen) atoms. The molecule has 0 unspecified atom stereocenters. The van der Waals surface area contributed by atoms with Gasteiger partial charge in [-0.3, -0.25) is 0 Å². The first-order valence-electron chi connectivity index (χ1n) is 6.28. The van der Waals surface area contributed by atoms with E-state index in [1.807, 2.05) is 18.4 Å². The molecule has 0 amide bonds. The van der Waals surface area contributed by atoms with E-state index in [-0.39, 0.29) is 0 Å². The van der Waals surface area contributed by atoms with Crippen molar-refractivity contribution in [3.05, 3.63) is 22.6 Å². The third-order valence-corrected chi connectivity index (χ3v) is 4.61. The lowest BCUT2D eigenvalue weighted by Gasteiger charge is -2.14. The standard InChI is InChI=1S/C14H21NS/c1-4-7-10(2)13-11-8-5-6-9-12(11)16-14(13)15-3/h15H,2,4-9H2,1,3H3. The summed E-state index contributed by atoms with van der Waals surface area (Å²) in [5, 5.41) is 4.69. The second kappa shape index (κ2) is 5.05. The molecule has 0 bridgehead atoms. The highest BCUT2D eigenvalue weighted by atomic mass is 32.1. The molecule has 1 aliphatic rings. The number of rotatable bonds is 4. The van der Waals surface area contributed by atoms with Gasteiger partial charge in [0.1, 0.15) is 0 Å². The number of anilines is 1. The van der Waals surface area contributed by atoms with Gasteiger partial charge in [0.05, 0.1) is 5.00 Å².